The van der Waals surface area contributed by atoms with Gasteiger partial charge in [0.15, 0.2) is 0 Å². The van der Waals surface area contributed by atoms with Crippen LogP contribution in [-0.2, 0) is 20.7 Å². The number of nitrogens with one attached hydrogen (secondary N) is 1. The fourth-order valence-electron chi connectivity index (χ4n) is 2.04. The van der Waals surface area contributed by atoms with E-state index in [1.54, 1.807) is 61.5 Å². The summed E-state index contributed by atoms with van der Waals surface area (Å²) >= 11 is 0. The molecule has 0 aromatic heterocycles. The van der Waals surface area contributed by atoms with E-state index in [-0.39, 0.29) is 24.0 Å². The quantitative estimate of drug-likeness (QED) is 0.632. The van der Waals surface area contributed by atoms with Crippen LogP contribution >= 0.6 is 0 Å². The SMILES string of the molecule is CCOC(=O)/C=C/c1ccc(NC(=O)Cc2ccc(O)cc2)cc1. The molecule has 0 fully saturated rings. The lowest BCUT2D eigenvalue weighted by molar-refractivity contribution is -0.137. The lowest BCUT2D eigenvalue weighted by Gasteiger charge is -2.06. The Kier molecular flexibility index (Phi) is 6.14. The van der Waals surface area contributed by atoms with Gasteiger partial charge in [0.25, 0.3) is 0 Å². The van der Waals surface area contributed by atoms with Gasteiger partial charge in [0.1, 0.15) is 5.75 Å². The Morgan fingerprint density at radius 3 is 2.38 bits per heavy atom. The van der Waals surface area contributed by atoms with Crippen molar-refractivity contribution in [2.24, 2.45) is 0 Å². The highest BCUT2D eigenvalue weighted by Gasteiger charge is 2.04. The van der Waals surface area contributed by atoms with Gasteiger partial charge in [0, 0.05) is 11.8 Å². The van der Waals surface area contributed by atoms with Gasteiger partial charge in [-0.3, -0.25) is 4.79 Å². The number of anilines is 1. The first-order valence-electron chi connectivity index (χ1n) is 7.59. The molecule has 0 spiro atoms. The van der Waals surface area contributed by atoms with Crippen LogP contribution in [0.2, 0.25) is 0 Å². The average molecular weight is 325 g/mol. The second-order valence-corrected chi connectivity index (χ2v) is 5.10. The maximum absolute atomic E-state index is 12.0. The number of esters is 1. The molecule has 2 aromatic carbocycles. The summed E-state index contributed by atoms with van der Waals surface area (Å²) in [7, 11) is 0. The fourth-order valence-corrected chi connectivity index (χ4v) is 2.04. The van der Waals surface area contributed by atoms with E-state index in [4.69, 9.17) is 4.74 Å². The topological polar surface area (TPSA) is 75.6 Å². The molecular weight excluding hydrogens is 306 g/mol. The monoisotopic (exact) mass is 325 g/mol. The van der Waals surface area contributed by atoms with Crippen LogP contribution in [0.1, 0.15) is 18.1 Å². The van der Waals surface area contributed by atoms with Crippen molar-refractivity contribution < 1.29 is 19.4 Å². The zero-order valence-electron chi connectivity index (χ0n) is 13.4. The molecule has 0 saturated carbocycles. The number of amides is 1. The first-order valence-corrected chi connectivity index (χ1v) is 7.59. The van der Waals surface area contributed by atoms with Crippen molar-refractivity contribution in [1.82, 2.24) is 0 Å². The third-order valence-electron chi connectivity index (χ3n) is 3.19. The van der Waals surface area contributed by atoms with Crippen LogP contribution in [0, 0.1) is 0 Å². The Hall–Kier alpha value is -3.08. The Bertz CT molecular complexity index is 718. The van der Waals surface area contributed by atoms with Crippen LogP contribution in [0.25, 0.3) is 6.08 Å². The van der Waals surface area contributed by atoms with Gasteiger partial charge >= 0.3 is 5.97 Å². The molecule has 5 heteroatoms. The van der Waals surface area contributed by atoms with Crippen molar-refractivity contribution in [3.8, 4) is 5.75 Å². The molecule has 2 rings (SSSR count). The minimum atomic E-state index is -0.385. The molecule has 0 aliphatic heterocycles. The van der Waals surface area contributed by atoms with Gasteiger partial charge in [-0.2, -0.15) is 0 Å². The Morgan fingerprint density at radius 1 is 1.08 bits per heavy atom. The van der Waals surface area contributed by atoms with E-state index in [9.17, 15) is 14.7 Å². The lowest BCUT2D eigenvalue weighted by Crippen LogP contribution is -2.14. The normalized spacial score (nSPS) is 10.5. The minimum absolute atomic E-state index is 0.143. The highest BCUT2D eigenvalue weighted by molar-refractivity contribution is 5.92. The number of ether oxygens (including phenoxy) is 1. The molecule has 0 aliphatic carbocycles. The molecule has 0 radical (unpaired) electrons. The van der Waals surface area contributed by atoms with Gasteiger partial charge in [-0.1, -0.05) is 24.3 Å². The third-order valence-corrected chi connectivity index (χ3v) is 3.19. The second-order valence-electron chi connectivity index (χ2n) is 5.10. The molecule has 124 valence electrons. The second kappa shape index (κ2) is 8.53. The third kappa shape index (κ3) is 5.61. The van der Waals surface area contributed by atoms with Gasteiger partial charge in [0.05, 0.1) is 13.0 Å². The fraction of sp³-hybridized carbons (Fsp3) is 0.158. The maximum atomic E-state index is 12.0. The molecule has 0 atom stereocenters. The van der Waals surface area contributed by atoms with Gasteiger partial charge in [0.2, 0.25) is 5.91 Å². The molecule has 24 heavy (non-hydrogen) atoms. The predicted molar refractivity (Wildman–Crippen MR) is 92.5 cm³/mol. The molecule has 1 amide bonds. The molecule has 5 nitrogen and oxygen atoms in total. The summed E-state index contributed by atoms with van der Waals surface area (Å²) in [4.78, 5) is 23.2. The molecular formula is C19H19NO4. The summed E-state index contributed by atoms with van der Waals surface area (Å²) in [6.45, 7) is 2.09. The average Bonchev–Trinajstić information content (AvgIpc) is 2.56. The molecule has 0 bridgehead atoms. The smallest absolute Gasteiger partial charge is 0.330 e. The first-order chi connectivity index (χ1) is 11.6. The van der Waals surface area contributed by atoms with Crippen molar-refractivity contribution in [2.45, 2.75) is 13.3 Å². The van der Waals surface area contributed by atoms with E-state index in [1.165, 1.54) is 6.08 Å². The highest BCUT2D eigenvalue weighted by Crippen LogP contribution is 2.13. The molecule has 0 heterocycles. The van der Waals surface area contributed by atoms with Crippen molar-refractivity contribution in [2.75, 3.05) is 11.9 Å². The van der Waals surface area contributed by atoms with E-state index in [1.807, 2.05) is 0 Å². The van der Waals surface area contributed by atoms with Crippen LogP contribution in [0.4, 0.5) is 5.69 Å². The number of carbonyl (C=O) groups excluding carboxylic acids is 2. The molecule has 0 saturated heterocycles. The summed E-state index contributed by atoms with van der Waals surface area (Å²) < 4.78 is 4.81. The Balaban J connectivity index is 1.90. The Labute approximate surface area is 140 Å². The minimum Gasteiger partial charge on any atom is -0.508 e. The zero-order chi connectivity index (χ0) is 17.4. The van der Waals surface area contributed by atoms with E-state index in [2.05, 4.69) is 5.32 Å². The van der Waals surface area contributed by atoms with Crippen molar-refractivity contribution in [3.63, 3.8) is 0 Å². The van der Waals surface area contributed by atoms with Crippen LogP contribution in [0.3, 0.4) is 0 Å². The molecule has 0 unspecified atom stereocenters. The molecule has 2 aromatic rings. The zero-order valence-corrected chi connectivity index (χ0v) is 13.4. The summed E-state index contributed by atoms with van der Waals surface area (Å²) in [6.07, 6.45) is 3.24. The van der Waals surface area contributed by atoms with Gasteiger partial charge in [-0.05, 0) is 48.4 Å². The van der Waals surface area contributed by atoms with Gasteiger partial charge in [-0.25, -0.2) is 4.79 Å². The maximum Gasteiger partial charge on any atom is 0.330 e. The number of hydrogen-bond acceptors (Lipinski definition) is 4. The summed E-state index contributed by atoms with van der Waals surface area (Å²) in [5.41, 5.74) is 2.32. The van der Waals surface area contributed by atoms with E-state index in [0.717, 1.165) is 11.1 Å². The van der Waals surface area contributed by atoms with Crippen molar-refractivity contribution in [3.05, 3.63) is 65.7 Å². The number of rotatable bonds is 6. The van der Waals surface area contributed by atoms with Gasteiger partial charge < -0.3 is 15.2 Å². The van der Waals surface area contributed by atoms with E-state index in [0.29, 0.717) is 12.3 Å². The molecule has 0 aliphatic rings. The lowest BCUT2D eigenvalue weighted by atomic mass is 10.1. The van der Waals surface area contributed by atoms with Crippen LogP contribution in [0.5, 0.6) is 5.75 Å². The van der Waals surface area contributed by atoms with E-state index >= 15 is 0 Å². The van der Waals surface area contributed by atoms with Gasteiger partial charge in [-0.15, -0.1) is 0 Å². The summed E-state index contributed by atoms with van der Waals surface area (Å²) in [6, 6.07) is 13.6. The van der Waals surface area contributed by atoms with Crippen LogP contribution < -0.4 is 5.32 Å². The highest BCUT2D eigenvalue weighted by atomic mass is 16.5. The van der Waals surface area contributed by atoms with Crippen LogP contribution in [0.15, 0.2) is 54.6 Å². The standard InChI is InChI=1S/C19H19NO4/c1-2-24-19(23)12-7-14-3-8-16(9-4-14)20-18(22)13-15-5-10-17(21)11-6-15/h3-12,21H,2,13H2,1H3,(H,20,22)/b12-7+. The summed E-state index contributed by atoms with van der Waals surface area (Å²) in [5, 5.41) is 12.0. The first kappa shape index (κ1) is 17.3. The van der Waals surface area contributed by atoms with Crippen LogP contribution in [-0.4, -0.2) is 23.6 Å². The number of hydrogen-bond donors (Lipinski definition) is 2. The van der Waals surface area contributed by atoms with Crippen molar-refractivity contribution in [1.29, 1.82) is 0 Å². The number of aromatic hydroxyl groups is 1. The summed E-state index contributed by atoms with van der Waals surface area (Å²) in [5.74, 6) is -0.357. The number of carbonyl (C=O) groups is 2. The van der Waals surface area contributed by atoms with E-state index < -0.39 is 0 Å². The largest absolute Gasteiger partial charge is 0.508 e. The number of phenolic OH excluding ortho intramolecular Hbond substituents is 1. The van der Waals surface area contributed by atoms with Crippen molar-refractivity contribution >= 4 is 23.6 Å². The Morgan fingerprint density at radius 2 is 1.75 bits per heavy atom. The number of benzene rings is 2. The molecule has 2 N–H and O–H groups in total. The number of phenols is 1. The predicted octanol–water partition coefficient (Wildman–Crippen LogP) is 3.15.